The van der Waals surface area contributed by atoms with Crippen molar-refractivity contribution in [2.24, 2.45) is 0 Å². The standard InChI is InChI=1S/C15H20N2O4/c1-2-21-15(20)17-9-7-16(8-10-17)11-12-5-3-4-6-13(12)14(18)19/h3-6H,2,7-11H2,1H3,(H,18,19). The molecule has 1 aromatic rings. The SMILES string of the molecule is CCOC(=O)N1CCN(Cc2ccccc2C(=O)O)CC1. The first-order chi connectivity index (χ1) is 10.1. The largest absolute Gasteiger partial charge is 0.478 e. The zero-order valence-electron chi connectivity index (χ0n) is 12.1. The van der Waals surface area contributed by atoms with Gasteiger partial charge >= 0.3 is 12.1 Å². The van der Waals surface area contributed by atoms with E-state index in [-0.39, 0.29) is 6.09 Å². The summed E-state index contributed by atoms with van der Waals surface area (Å²) < 4.78 is 4.98. The highest BCUT2D eigenvalue weighted by Gasteiger charge is 2.22. The summed E-state index contributed by atoms with van der Waals surface area (Å²) in [4.78, 5) is 26.6. The van der Waals surface area contributed by atoms with Crippen LogP contribution in [-0.2, 0) is 11.3 Å². The topological polar surface area (TPSA) is 70.1 Å². The fourth-order valence-electron chi connectivity index (χ4n) is 2.41. The van der Waals surface area contributed by atoms with Crippen molar-refractivity contribution in [1.82, 2.24) is 9.80 Å². The summed E-state index contributed by atoms with van der Waals surface area (Å²) in [5.41, 5.74) is 1.14. The summed E-state index contributed by atoms with van der Waals surface area (Å²) in [6, 6.07) is 7.02. The third-order valence-corrected chi connectivity index (χ3v) is 3.54. The molecule has 0 saturated carbocycles. The van der Waals surface area contributed by atoms with Gasteiger partial charge in [0.2, 0.25) is 0 Å². The number of benzene rings is 1. The van der Waals surface area contributed by atoms with Crippen molar-refractivity contribution in [1.29, 1.82) is 0 Å². The van der Waals surface area contributed by atoms with Crippen LogP contribution in [0.5, 0.6) is 0 Å². The van der Waals surface area contributed by atoms with Gasteiger partial charge in [-0.15, -0.1) is 0 Å². The number of ether oxygens (including phenoxy) is 1. The maximum absolute atomic E-state index is 11.6. The van der Waals surface area contributed by atoms with Crippen molar-refractivity contribution in [2.75, 3.05) is 32.8 Å². The van der Waals surface area contributed by atoms with Crippen LogP contribution >= 0.6 is 0 Å². The molecule has 0 spiro atoms. The number of carbonyl (C=O) groups excluding carboxylic acids is 1. The van der Waals surface area contributed by atoms with Crippen LogP contribution in [0, 0.1) is 0 Å². The van der Waals surface area contributed by atoms with Crippen molar-refractivity contribution < 1.29 is 19.4 Å². The van der Waals surface area contributed by atoms with Crippen LogP contribution in [0.4, 0.5) is 4.79 Å². The smallest absolute Gasteiger partial charge is 0.409 e. The second kappa shape index (κ2) is 7.08. The van der Waals surface area contributed by atoms with Crippen molar-refractivity contribution >= 4 is 12.1 Å². The number of amides is 1. The highest BCUT2D eigenvalue weighted by molar-refractivity contribution is 5.89. The molecule has 6 nitrogen and oxygen atoms in total. The Morgan fingerprint density at radius 1 is 1.19 bits per heavy atom. The number of aromatic carboxylic acids is 1. The number of rotatable bonds is 4. The minimum absolute atomic E-state index is 0.275. The Morgan fingerprint density at radius 3 is 2.48 bits per heavy atom. The second-order valence-corrected chi connectivity index (χ2v) is 4.92. The summed E-state index contributed by atoms with van der Waals surface area (Å²) in [6.45, 7) is 5.39. The Bertz CT molecular complexity index is 510. The number of hydrogen-bond acceptors (Lipinski definition) is 4. The summed E-state index contributed by atoms with van der Waals surface area (Å²) >= 11 is 0. The van der Waals surface area contributed by atoms with Gasteiger partial charge < -0.3 is 14.7 Å². The van der Waals surface area contributed by atoms with Crippen LogP contribution in [0.2, 0.25) is 0 Å². The molecule has 0 bridgehead atoms. The first-order valence-electron chi connectivity index (χ1n) is 7.07. The average Bonchev–Trinajstić information content (AvgIpc) is 2.48. The number of carboxylic acids is 1. The lowest BCUT2D eigenvalue weighted by Crippen LogP contribution is -2.48. The molecule has 0 atom stereocenters. The summed E-state index contributed by atoms with van der Waals surface area (Å²) in [6.07, 6.45) is -0.275. The van der Waals surface area contributed by atoms with Gasteiger partial charge in [-0.25, -0.2) is 9.59 Å². The molecule has 1 amide bonds. The molecular weight excluding hydrogens is 272 g/mol. The molecule has 2 rings (SSSR count). The van der Waals surface area contributed by atoms with Crippen LogP contribution in [0.15, 0.2) is 24.3 Å². The van der Waals surface area contributed by atoms with Crippen LogP contribution < -0.4 is 0 Å². The van der Waals surface area contributed by atoms with E-state index in [1.165, 1.54) is 0 Å². The molecular formula is C15H20N2O4. The van der Waals surface area contributed by atoms with Crippen molar-refractivity contribution in [3.05, 3.63) is 35.4 Å². The summed E-state index contributed by atoms with van der Waals surface area (Å²) in [5, 5.41) is 9.18. The minimum Gasteiger partial charge on any atom is -0.478 e. The van der Waals surface area contributed by atoms with Gasteiger partial charge in [-0.1, -0.05) is 18.2 Å². The molecule has 114 valence electrons. The highest BCUT2D eigenvalue weighted by Crippen LogP contribution is 2.14. The Hall–Kier alpha value is -2.08. The predicted molar refractivity (Wildman–Crippen MR) is 77.3 cm³/mol. The molecule has 1 heterocycles. The van der Waals surface area contributed by atoms with Crippen molar-refractivity contribution in [2.45, 2.75) is 13.5 Å². The van der Waals surface area contributed by atoms with Gasteiger partial charge in [-0.2, -0.15) is 0 Å². The van der Waals surface area contributed by atoms with E-state index in [2.05, 4.69) is 4.90 Å². The van der Waals surface area contributed by atoms with Crippen LogP contribution in [0.25, 0.3) is 0 Å². The van der Waals surface area contributed by atoms with Gasteiger partial charge in [-0.3, -0.25) is 4.90 Å². The first kappa shape index (κ1) is 15.3. The zero-order valence-corrected chi connectivity index (χ0v) is 12.1. The molecule has 0 aromatic heterocycles. The van der Waals surface area contributed by atoms with Crippen LogP contribution in [-0.4, -0.2) is 59.8 Å². The van der Waals surface area contributed by atoms with E-state index >= 15 is 0 Å². The number of hydrogen-bond donors (Lipinski definition) is 1. The van der Waals surface area contributed by atoms with Crippen LogP contribution in [0.1, 0.15) is 22.8 Å². The molecule has 0 aliphatic carbocycles. The monoisotopic (exact) mass is 292 g/mol. The molecule has 1 aliphatic heterocycles. The van der Waals surface area contributed by atoms with E-state index in [0.29, 0.717) is 44.9 Å². The number of carboxylic acid groups (broad SMARTS) is 1. The van der Waals surface area contributed by atoms with Crippen LogP contribution in [0.3, 0.4) is 0 Å². The Kier molecular flexibility index (Phi) is 5.16. The van der Waals surface area contributed by atoms with Gasteiger partial charge in [0.25, 0.3) is 0 Å². The molecule has 0 unspecified atom stereocenters. The molecule has 1 N–H and O–H groups in total. The van der Waals surface area contributed by atoms with E-state index in [1.807, 2.05) is 12.1 Å². The number of nitrogens with zero attached hydrogens (tertiary/aromatic N) is 2. The Labute approximate surface area is 123 Å². The predicted octanol–water partition coefficient (Wildman–Crippen LogP) is 1.66. The second-order valence-electron chi connectivity index (χ2n) is 4.92. The van der Waals surface area contributed by atoms with Gasteiger partial charge in [0.1, 0.15) is 0 Å². The first-order valence-corrected chi connectivity index (χ1v) is 7.07. The number of carbonyl (C=O) groups is 2. The molecule has 6 heteroatoms. The van der Waals surface area contributed by atoms with Crippen molar-refractivity contribution in [3.8, 4) is 0 Å². The van der Waals surface area contributed by atoms with Gasteiger partial charge in [0.15, 0.2) is 0 Å². The van der Waals surface area contributed by atoms with E-state index in [1.54, 1.807) is 24.0 Å². The molecule has 21 heavy (non-hydrogen) atoms. The van der Waals surface area contributed by atoms with Gasteiger partial charge in [-0.05, 0) is 18.6 Å². The fraction of sp³-hybridized carbons (Fsp3) is 0.467. The van der Waals surface area contributed by atoms with Gasteiger partial charge in [0.05, 0.1) is 12.2 Å². The average molecular weight is 292 g/mol. The van der Waals surface area contributed by atoms with E-state index in [0.717, 1.165) is 5.56 Å². The highest BCUT2D eigenvalue weighted by atomic mass is 16.6. The number of piperazine rings is 1. The fourth-order valence-corrected chi connectivity index (χ4v) is 2.41. The van der Waals surface area contributed by atoms with Gasteiger partial charge in [0, 0.05) is 32.7 Å². The normalized spacial score (nSPS) is 15.8. The van der Waals surface area contributed by atoms with E-state index in [9.17, 15) is 14.7 Å². The van der Waals surface area contributed by atoms with E-state index in [4.69, 9.17) is 4.74 Å². The molecule has 1 fully saturated rings. The third kappa shape index (κ3) is 3.95. The molecule has 0 radical (unpaired) electrons. The maximum atomic E-state index is 11.6. The maximum Gasteiger partial charge on any atom is 0.409 e. The lowest BCUT2D eigenvalue weighted by Gasteiger charge is -2.34. The molecule has 1 aliphatic rings. The summed E-state index contributed by atoms with van der Waals surface area (Å²) in [5.74, 6) is -0.907. The third-order valence-electron chi connectivity index (χ3n) is 3.54. The lowest BCUT2D eigenvalue weighted by molar-refractivity contribution is 0.0691. The Balaban J connectivity index is 1.92. The van der Waals surface area contributed by atoms with E-state index < -0.39 is 5.97 Å². The Morgan fingerprint density at radius 2 is 1.86 bits per heavy atom. The summed E-state index contributed by atoms with van der Waals surface area (Å²) in [7, 11) is 0. The lowest BCUT2D eigenvalue weighted by atomic mass is 10.1. The molecule has 1 aromatic carbocycles. The molecule has 1 saturated heterocycles. The van der Waals surface area contributed by atoms with Crippen molar-refractivity contribution in [3.63, 3.8) is 0 Å². The zero-order chi connectivity index (χ0) is 15.2. The minimum atomic E-state index is -0.907. The quantitative estimate of drug-likeness (QED) is 0.914.